The molecule has 0 fully saturated rings. The summed E-state index contributed by atoms with van der Waals surface area (Å²) in [5.41, 5.74) is 1.56. The van der Waals surface area contributed by atoms with Gasteiger partial charge in [0.25, 0.3) is 0 Å². The van der Waals surface area contributed by atoms with Gasteiger partial charge in [-0.05, 0) is 24.6 Å². The molecule has 1 heterocycles. The smallest absolute Gasteiger partial charge is 0.0200 e. The molecule has 0 bridgehead atoms. The molecule has 0 aliphatic carbocycles. The summed E-state index contributed by atoms with van der Waals surface area (Å²) in [5, 5.41) is 0. The van der Waals surface area contributed by atoms with E-state index in [4.69, 9.17) is 0 Å². The predicted molar refractivity (Wildman–Crippen MR) is 69.3 cm³/mol. The first-order valence-corrected chi connectivity index (χ1v) is 5.83. The van der Waals surface area contributed by atoms with Gasteiger partial charge in [-0.15, -0.1) is 6.58 Å². The van der Waals surface area contributed by atoms with Crippen molar-refractivity contribution in [1.82, 2.24) is 4.90 Å². The van der Waals surface area contributed by atoms with Crippen LogP contribution in [0, 0.1) is 0 Å². The largest absolute Gasteiger partial charge is 0.381 e. The van der Waals surface area contributed by atoms with Gasteiger partial charge in [-0.3, -0.25) is 0 Å². The van der Waals surface area contributed by atoms with Crippen LogP contribution in [0.15, 0.2) is 55.3 Å². The lowest BCUT2D eigenvalue weighted by atomic mass is 9.73. The molecular weight excluding hydrogens is 194 g/mol. The zero-order valence-electron chi connectivity index (χ0n) is 9.89. The molecule has 0 amide bonds. The first-order chi connectivity index (χ1) is 7.77. The molecule has 1 atom stereocenters. The Morgan fingerprint density at radius 3 is 2.69 bits per heavy atom. The summed E-state index contributed by atoms with van der Waals surface area (Å²) in [5.74, 6) is 0. The highest BCUT2D eigenvalue weighted by molar-refractivity contribution is 5.33. The van der Waals surface area contributed by atoms with E-state index in [-0.39, 0.29) is 5.41 Å². The summed E-state index contributed by atoms with van der Waals surface area (Å²) in [4.78, 5) is 2.24. The van der Waals surface area contributed by atoms with E-state index in [0.29, 0.717) is 0 Å². The fourth-order valence-corrected chi connectivity index (χ4v) is 2.36. The topological polar surface area (TPSA) is 3.24 Å². The molecule has 1 aromatic carbocycles. The summed E-state index contributed by atoms with van der Waals surface area (Å²) in [6.45, 7) is 5.01. The Bertz CT molecular complexity index is 380. The highest BCUT2D eigenvalue weighted by Gasteiger charge is 2.30. The lowest BCUT2D eigenvalue weighted by molar-refractivity contribution is 0.343. The average molecular weight is 213 g/mol. The average Bonchev–Trinajstić information content (AvgIpc) is 2.34. The molecule has 1 heteroatoms. The lowest BCUT2D eigenvalue weighted by Gasteiger charge is -2.36. The minimum atomic E-state index is 0.162. The predicted octanol–water partition coefficient (Wildman–Crippen LogP) is 3.35. The summed E-state index contributed by atoms with van der Waals surface area (Å²) in [7, 11) is 2.12. The molecule has 0 spiro atoms. The minimum Gasteiger partial charge on any atom is -0.381 e. The van der Waals surface area contributed by atoms with Crippen molar-refractivity contribution in [3.05, 3.63) is 60.8 Å². The van der Waals surface area contributed by atoms with Gasteiger partial charge in [0.15, 0.2) is 0 Å². The third-order valence-electron chi connectivity index (χ3n) is 3.42. The van der Waals surface area contributed by atoms with Gasteiger partial charge < -0.3 is 4.90 Å². The Hall–Kier alpha value is -1.50. The van der Waals surface area contributed by atoms with Crippen LogP contribution in [0.2, 0.25) is 0 Å². The van der Waals surface area contributed by atoms with Crippen LogP contribution in [-0.2, 0) is 5.41 Å². The maximum absolute atomic E-state index is 3.90. The van der Waals surface area contributed by atoms with Crippen molar-refractivity contribution >= 4 is 0 Å². The summed E-state index contributed by atoms with van der Waals surface area (Å²) >= 11 is 0. The Morgan fingerprint density at radius 2 is 2.12 bits per heavy atom. The number of hydrogen-bond acceptors (Lipinski definition) is 1. The van der Waals surface area contributed by atoms with Gasteiger partial charge in [0.2, 0.25) is 0 Å². The van der Waals surface area contributed by atoms with E-state index in [9.17, 15) is 0 Å². The molecule has 0 saturated heterocycles. The Balaban J connectivity index is 2.37. The van der Waals surface area contributed by atoms with Gasteiger partial charge in [-0.25, -0.2) is 0 Å². The van der Waals surface area contributed by atoms with E-state index < -0.39 is 0 Å². The molecule has 1 aliphatic rings. The van der Waals surface area contributed by atoms with Crippen molar-refractivity contribution in [2.45, 2.75) is 18.3 Å². The van der Waals surface area contributed by atoms with E-state index >= 15 is 0 Å². The molecule has 0 N–H and O–H groups in total. The third-order valence-corrected chi connectivity index (χ3v) is 3.42. The molecule has 2 rings (SSSR count). The zero-order valence-corrected chi connectivity index (χ0v) is 9.89. The van der Waals surface area contributed by atoms with Crippen molar-refractivity contribution < 1.29 is 0 Å². The van der Waals surface area contributed by atoms with Crippen molar-refractivity contribution in [2.24, 2.45) is 0 Å². The first-order valence-electron chi connectivity index (χ1n) is 5.83. The van der Waals surface area contributed by atoms with Crippen LogP contribution in [-0.4, -0.2) is 18.5 Å². The number of allylic oxidation sites excluding steroid dienone is 2. The van der Waals surface area contributed by atoms with Crippen molar-refractivity contribution in [3.63, 3.8) is 0 Å². The standard InChI is InChI=1S/C15H19N/c1-3-9-15(10-12-16(2)13-11-15)14-7-5-4-6-8-14/h3-8,10,12H,1,9,11,13H2,2H3. The summed E-state index contributed by atoms with van der Waals surface area (Å²) < 4.78 is 0. The number of benzene rings is 1. The maximum Gasteiger partial charge on any atom is 0.0200 e. The summed E-state index contributed by atoms with van der Waals surface area (Å²) in [6.07, 6.45) is 8.73. The second-order valence-electron chi connectivity index (χ2n) is 4.56. The number of rotatable bonds is 3. The van der Waals surface area contributed by atoms with Gasteiger partial charge >= 0.3 is 0 Å². The van der Waals surface area contributed by atoms with Gasteiger partial charge in [-0.2, -0.15) is 0 Å². The molecule has 16 heavy (non-hydrogen) atoms. The van der Waals surface area contributed by atoms with Gasteiger partial charge in [0.05, 0.1) is 0 Å². The van der Waals surface area contributed by atoms with Gasteiger partial charge in [-0.1, -0.05) is 42.5 Å². The minimum absolute atomic E-state index is 0.162. The quantitative estimate of drug-likeness (QED) is 0.696. The van der Waals surface area contributed by atoms with E-state index in [1.165, 1.54) is 5.56 Å². The number of hydrogen-bond donors (Lipinski definition) is 0. The van der Waals surface area contributed by atoms with Crippen LogP contribution in [0.3, 0.4) is 0 Å². The fraction of sp³-hybridized carbons (Fsp3) is 0.333. The molecule has 0 radical (unpaired) electrons. The second-order valence-corrected chi connectivity index (χ2v) is 4.56. The normalized spacial score (nSPS) is 24.4. The molecule has 1 aliphatic heterocycles. The summed E-state index contributed by atoms with van der Waals surface area (Å²) in [6, 6.07) is 10.8. The molecule has 84 valence electrons. The second kappa shape index (κ2) is 4.56. The van der Waals surface area contributed by atoms with E-state index in [0.717, 1.165) is 19.4 Å². The SMILES string of the molecule is C=CCC1(c2ccccc2)C=CN(C)CC1. The molecule has 0 saturated carbocycles. The molecule has 1 unspecified atom stereocenters. The van der Waals surface area contributed by atoms with Crippen molar-refractivity contribution in [2.75, 3.05) is 13.6 Å². The van der Waals surface area contributed by atoms with Crippen LogP contribution in [0.4, 0.5) is 0 Å². The molecule has 1 nitrogen and oxygen atoms in total. The van der Waals surface area contributed by atoms with Crippen LogP contribution in [0.25, 0.3) is 0 Å². The number of nitrogens with zero attached hydrogens (tertiary/aromatic N) is 1. The van der Waals surface area contributed by atoms with Gasteiger partial charge in [0.1, 0.15) is 0 Å². The Morgan fingerprint density at radius 1 is 1.38 bits per heavy atom. The Labute approximate surface area is 98.1 Å². The van der Waals surface area contributed by atoms with Gasteiger partial charge in [0, 0.05) is 19.0 Å². The highest BCUT2D eigenvalue weighted by Crippen LogP contribution is 2.36. The van der Waals surface area contributed by atoms with Crippen molar-refractivity contribution in [3.8, 4) is 0 Å². The van der Waals surface area contributed by atoms with Crippen LogP contribution in [0.5, 0.6) is 0 Å². The molecular formula is C15H19N. The first kappa shape index (κ1) is 11.0. The highest BCUT2D eigenvalue weighted by atomic mass is 15.1. The van der Waals surface area contributed by atoms with E-state index in [1.54, 1.807) is 0 Å². The Kier molecular flexibility index (Phi) is 3.14. The lowest BCUT2D eigenvalue weighted by Crippen LogP contribution is -2.32. The molecule has 1 aromatic rings. The van der Waals surface area contributed by atoms with Crippen LogP contribution >= 0.6 is 0 Å². The fourth-order valence-electron chi connectivity index (χ4n) is 2.36. The zero-order chi connectivity index (χ0) is 11.4. The van der Waals surface area contributed by atoms with E-state index in [2.05, 4.69) is 61.1 Å². The molecule has 0 aromatic heterocycles. The van der Waals surface area contributed by atoms with Crippen molar-refractivity contribution in [1.29, 1.82) is 0 Å². The van der Waals surface area contributed by atoms with E-state index in [1.807, 2.05) is 6.08 Å². The van der Waals surface area contributed by atoms with Crippen LogP contribution < -0.4 is 0 Å². The van der Waals surface area contributed by atoms with Crippen LogP contribution in [0.1, 0.15) is 18.4 Å². The monoisotopic (exact) mass is 213 g/mol. The third kappa shape index (κ3) is 2.04. The maximum atomic E-state index is 3.90.